The number of nitrogens with one attached hydrogen (secondary N) is 1. The first kappa shape index (κ1) is 14.7. The van der Waals surface area contributed by atoms with Crippen molar-refractivity contribution in [2.45, 2.75) is 0 Å². The number of H-pyrrole nitrogens is 1. The Balaban J connectivity index is 2.04. The Morgan fingerprint density at radius 3 is 2.75 bits per heavy atom. The van der Waals surface area contributed by atoms with Gasteiger partial charge in [-0.25, -0.2) is 0 Å². The van der Waals surface area contributed by atoms with Gasteiger partial charge >= 0.3 is 0 Å². The zero-order valence-corrected chi connectivity index (χ0v) is 13.9. The zero-order chi connectivity index (χ0) is 16.7. The number of ether oxygens (including phenoxy) is 2. The van der Waals surface area contributed by atoms with Crippen molar-refractivity contribution in [3.63, 3.8) is 0 Å². The summed E-state index contributed by atoms with van der Waals surface area (Å²) in [4.78, 5) is 0. The summed E-state index contributed by atoms with van der Waals surface area (Å²) in [5.74, 6) is 1.26. The van der Waals surface area contributed by atoms with Crippen molar-refractivity contribution in [1.29, 1.82) is 0 Å². The Labute approximate surface area is 142 Å². The Bertz CT molecular complexity index is 1110. The van der Waals surface area contributed by atoms with Gasteiger partial charge in [0.2, 0.25) is 0 Å². The molecule has 0 spiro atoms. The normalized spacial score (nSPS) is 11.1. The molecule has 1 N–H and O–H groups in total. The van der Waals surface area contributed by atoms with E-state index in [9.17, 15) is 0 Å². The number of aromatic amines is 1. The number of benzene rings is 2. The minimum absolute atomic E-state index is 0.611. The third-order valence-electron chi connectivity index (χ3n) is 4.00. The molecule has 120 valence electrons. The van der Waals surface area contributed by atoms with E-state index in [0.29, 0.717) is 21.6 Å². The standard InChI is InChI=1S/C18H14N2O3S/c1-21-10-7-14(22-2)16-15(8-10)23-9-12(18(16)24)17-11-5-3-4-6-13(11)19-20-17/h3-9H,1-2H3,(H,19,20). The lowest BCUT2D eigenvalue weighted by Crippen LogP contribution is -1.91. The first-order valence-electron chi connectivity index (χ1n) is 7.34. The van der Waals surface area contributed by atoms with Crippen LogP contribution in [0.4, 0.5) is 0 Å². The molecule has 0 aliphatic heterocycles. The number of para-hydroxylation sites is 1. The lowest BCUT2D eigenvalue weighted by molar-refractivity contribution is 0.396. The number of hydrogen-bond donors (Lipinski definition) is 1. The summed E-state index contributed by atoms with van der Waals surface area (Å²) in [5, 5.41) is 9.15. The second-order valence-corrected chi connectivity index (χ2v) is 5.71. The molecule has 2 aromatic carbocycles. The molecular formula is C18H14N2O3S. The summed E-state index contributed by atoms with van der Waals surface area (Å²) in [7, 11) is 3.19. The van der Waals surface area contributed by atoms with Gasteiger partial charge in [-0.05, 0) is 6.07 Å². The second kappa shape index (κ2) is 5.65. The molecule has 0 saturated heterocycles. The van der Waals surface area contributed by atoms with Crippen LogP contribution in [-0.4, -0.2) is 24.4 Å². The number of rotatable bonds is 3. The summed E-state index contributed by atoms with van der Waals surface area (Å²) >= 11 is 5.70. The maximum Gasteiger partial charge on any atom is 0.142 e. The second-order valence-electron chi connectivity index (χ2n) is 5.30. The molecule has 0 aliphatic rings. The monoisotopic (exact) mass is 338 g/mol. The maximum atomic E-state index is 5.80. The van der Waals surface area contributed by atoms with Crippen LogP contribution < -0.4 is 9.47 Å². The molecular weight excluding hydrogens is 324 g/mol. The van der Waals surface area contributed by atoms with Gasteiger partial charge in [0.1, 0.15) is 29.0 Å². The summed E-state index contributed by atoms with van der Waals surface area (Å²) < 4.78 is 17.2. The Morgan fingerprint density at radius 1 is 1.12 bits per heavy atom. The average Bonchev–Trinajstić information content (AvgIpc) is 3.05. The van der Waals surface area contributed by atoms with Crippen molar-refractivity contribution in [3.05, 3.63) is 47.2 Å². The lowest BCUT2D eigenvalue weighted by atomic mass is 10.1. The highest BCUT2D eigenvalue weighted by Crippen LogP contribution is 2.37. The van der Waals surface area contributed by atoms with E-state index < -0.39 is 0 Å². The van der Waals surface area contributed by atoms with Crippen LogP contribution in [0.5, 0.6) is 11.5 Å². The highest BCUT2D eigenvalue weighted by atomic mass is 32.1. The molecule has 2 aromatic heterocycles. The van der Waals surface area contributed by atoms with Crippen LogP contribution in [0.2, 0.25) is 0 Å². The van der Waals surface area contributed by atoms with Gasteiger partial charge in [-0.15, -0.1) is 0 Å². The van der Waals surface area contributed by atoms with Gasteiger partial charge in [0.15, 0.2) is 0 Å². The van der Waals surface area contributed by atoms with Crippen LogP contribution >= 0.6 is 12.2 Å². The molecule has 4 aromatic rings. The fraction of sp³-hybridized carbons (Fsp3) is 0.111. The van der Waals surface area contributed by atoms with E-state index in [1.165, 1.54) is 0 Å². The number of aromatic nitrogens is 2. The molecule has 0 unspecified atom stereocenters. The topological polar surface area (TPSA) is 60.3 Å². The van der Waals surface area contributed by atoms with Crippen LogP contribution in [-0.2, 0) is 0 Å². The number of hydrogen-bond acceptors (Lipinski definition) is 5. The Hall–Kier alpha value is -2.86. The predicted octanol–water partition coefficient (Wildman–Crippen LogP) is 4.72. The molecule has 4 rings (SSSR count). The number of methoxy groups -OCH3 is 2. The van der Waals surface area contributed by atoms with E-state index in [1.54, 1.807) is 32.6 Å². The summed E-state index contributed by atoms with van der Waals surface area (Å²) in [6.45, 7) is 0. The summed E-state index contributed by atoms with van der Waals surface area (Å²) in [6, 6.07) is 11.5. The number of fused-ring (bicyclic) bond motifs is 2. The van der Waals surface area contributed by atoms with Crippen molar-refractivity contribution >= 4 is 34.1 Å². The molecule has 0 amide bonds. The van der Waals surface area contributed by atoms with Gasteiger partial charge in [-0.2, -0.15) is 5.10 Å². The van der Waals surface area contributed by atoms with E-state index in [1.807, 2.05) is 24.3 Å². The van der Waals surface area contributed by atoms with Gasteiger partial charge in [0.05, 0.1) is 35.2 Å². The zero-order valence-electron chi connectivity index (χ0n) is 13.1. The van der Waals surface area contributed by atoms with Gasteiger partial charge in [-0.3, -0.25) is 5.10 Å². The molecule has 2 heterocycles. The molecule has 6 heteroatoms. The molecule has 0 saturated carbocycles. The fourth-order valence-electron chi connectivity index (χ4n) is 2.80. The first-order valence-corrected chi connectivity index (χ1v) is 7.74. The number of nitrogens with zero attached hydrogens (tertiary/aromatic N) is 1. The van der Waals surface area contributed by atoms with Gasteiger partial charge in [0.25, 0.3) is 0 Å². The molecule has 24 heavy (non-hydrogen) atoms. The quantitative estimate of drug-likeness (QED) is 0.548. The fourth-order valence-corrected chi connectivity index (χ4v) is 3.15. The molecule has 0 radical (unpaired) electrons. The molecule has 5 nitrogen and oxygen atoms in total. The van der Waals surface area contributed by atoms with E-state index in [0.717, 1.165) is 27.5 Å². The van der Waals surface area contributed by atoms with Gasteiger partial charge < -0.3 is 13.9 Å². The van der Waals surface area contributed by atoms with Crippen molar-refractivity contribution in [2.24, 2.45) is 0 Å². The van der Waals surface area contributed by atoms with Crippen molar-refractivity contribution < 1.29 is 13.9 Å². The molecule has 0 atom stereocenters. The molecule has 0 bridgehead atoms. The van der Waals surface area contributed by atoms with Crippen molar-refractivity contribution in [2.75, 3.05) is 14.2 Å². The average molecular weight is 338 g/mol. The predicted molar refractivity (Wildman–Crippen MR) is 95.2 cm³/mol. The van der Waals surface area contributed by atoms with Crippen molar-refractivity contribution in [3.8, 4) is 22.8 Å². The highest BCUT2D eigenvalue weighted by molar-refractivity contribution is 7.71. The third kappa shape index (κ3) is 2.15. The minimum atomic E-state index is 0.611. The highest BCUT2D eigenvalue weighted by Gasteiger charge is 2.16. The van der Waals surface area contributed by atoms with E-state index in [4.69, 9.17) is 26.1 Å². The van der Waals surface area contributed by atoms with E-state index in [2.05, 4.69) is 10.2 Å². The van der Waals surface area contributed by atoms with Crippen LogP contribution in [0.1, 0.15) is 0 Å². The van der Waals surface area contributed by atoms with Crippen LogP contribution in [0.15, 0.2) is 47.1 Å². The van der Waals surface area contributed by atoms with Crippen LogP contribution in [0, 0.1) is 4.51 Å². The SMILES string of the molecule is COc1cc(OC)c2c(=S)c(-c3n[nH]c4ccccc34)coc2c1. The van der Waals surface area contributed by atoms with Crippen LogP contribution in [0.3, 0.4) is 0 Å². The summed E-state index contributed by atoms with van der Waals surface area (Å²) in [5.41, 5.74) is 3.07. The van der Waals surface area contributed by atoms with Crippen LogP contribution in [0.25, 0.3) is 33.1 Å². The van der Waals surface area contributed by atoms with Gasteiger partial charge in [-0.1, -0.05) is 30.4 Å². The van der Waals surface area contributed by atoms with Gasteiger partial charge in [0, 0.05) is 17.5 Å². The van der Waals surface area contributed by atoms with E-state index in [-0.39, 0.29) is 0 Å². The van der Waals surface area contributed by atoms with Crippen molar-refractivity contribution in [1.82, 2.24) is 10.2 Å². The molecule has 0 aliphatic carbocycles. The van der Waals surface area contributed by atoms with E-state index >= 15 is 0 Å². The maximum absolute atomic E-state index is 5.80. The molecule has 0 fully saturated rings. The lowest BCUT2D eigenvalue weighted by Gasteiger charge is -2.09. The first-order chi connectivity index (χ1) is 11.7. The minimum Gasteiger partial charge on any atom is -0.496 e. The Kier molecular flexibility index (Phi) is 3.46. The largest absolute Gasteiger partial charge is 0.496 e. The third-order valence-corrected chi connectivity index (χ3v) is 4.42. The Morgan fingerprint density at radius 2 is 1.96 bits per heavy atom. The summed E-state index contributed by atoms with van der Waals surface area (Å²) in [6.07, 6.45) is 1.63. The smallest absolute Gasteiger partial charge is 0.142 e.